The Labute approximate surface area is 86.7 Å². The Kier molecular flexibility index (Phi) is 3.68. The highest BCUT2D eigenvalue weighted by Gasteiger charge is 2.16. The first-order valence-electron chi connectivity index (χ1n) is 4.36. The molecule has 0 radical (unpaired) electrons. The molecule has 0 aliphatic rings. The van der Waals surface area contributed by atoms with Crippen molar-refractivity contribution < 1.29 is 19.4 Å². The highest BCUT2D eigenvalue weighted by Crippen LogP contribution is 2.09. The number of ether oxygens (including phenoxy) is 1. The summed E-state index contributed by atoms with van der Waals surface area (Å²) in [7, 11) is 0. The summed E-state index contributed by atoms with van der Waals surface area (Å²) in [6.45, 7) is 1.42. The number of hydrogen-bond donors (Lipinski definition) is 2. The van der Waals surface area contributed by atoms with Crippen molar-refractivity contribution in [3.8, 4) is 5.75 Å². The van der Waals surface area contributed by atoms with Gasteiger partial charge < -0.3 is 15.2 Å². The summed E-state index contributed by atoms with van der Waals surface area (Å²) in [5.74, 6) is -0.245. The minimum Gasteiger partial charge on any atom is -0.465 e. The summed E-state index contributed by atoms with van der Waals surface area (Å²) in [4.78, 5) is 21.5. The molecule has 0 spiro atoms. The van der Waals surface area contributed by atoms with Gasteiger partial charge in [-0.05, 0) is 19.1 Å². The molecular weight excluding hydrogens is 198 g/mol. The lowest BCUT2D eigenvalue weighted by Gasteiger charge is -2.10. The zero-order valence-electron chi connectivity index (χ0n) is 8.14. The number of esters is 1. The average molecular weight is 209 g/mol. The highest BCUT2D eigenvalue weighted by molar-refractivity contribution is 5.81. The first-order valence-corrected chi connectivity index (χ1v) is 4.36. The molecule has 2 N–H and O–H groups in total. The maximum absolute atomic E-state index is 11.3. The molecule has 0 aromatic heterocycles. The van der Waals surface area contributed by atoms with E-state index in [1.54, 1.807) is 30.3 Å². The van der Waals surface area contributed by atoms with E-state index in [0.717, 1.165) is 0 Å². The molecule has 0 bridgehead atoms. The molecule has 0 aliphatic heterocycles. The fraction of sp³-hybridized carbons (Fsp3) is 0.200. The molecule has 1 aromatic rings. The molecule has 0 saturated carbocycles. The van der Waals surface area contributed by atoms with Crippen LogP contribution in [0, 0.1) is 0 Å². The van der Waals surface area contributed by atoms with E-state index in [2.05, 4.69) is 0 Å². The Morgan fingerprint density at radius 1 is 1.33 bits per heavy atom. The summed E-state index contributed by atoms with van der Waals surface area (Å²) >= 11 is 0. The van der Waals surface area contributed by atoms with Crippen LogP contribution in [0.2, 0.25) is 0 Å². The van der Waals surface area contributed by atoms with Gasteiger partial charge in [-0.25, -0.2) is 9.59 Å². The van der Waals surface area contributed by atoms with Crippen molar-refractivity contribution in [2.75, 3.05) is 0 Å². The fourth-order valence-electron chi connectivity index (χ4n) is 0.937. The number of carboxylic acid groups (broad SMARTS) is 1. The number of hydrogen-bond acceptors (Lipinski definition) is 3. The standard InChI is InChI=1S/C10H11NO4/c1-7(11-10(13)14)9(12)15-8-5-3-2-4-6-8/h2-7,11H,1H3,(H,13,14)/t7-/m0/s1. The number of amides is 1. The van der Waals surface area contributed by atoms with E-state index in [4.69, 9.17) is 9.84 Å². The van der Waals surface area contributed by atoms with Gasteiger partial charge in [0.25, 0.3) is 0 Å². The van der Waals surface area contributed by atoms with E-state index >= 15 is 0 Å². The quantitative estimate of drug-likeness (QED) is 0.580. The van der Waals surface area contributed by atoms with Crippen LogP contribution in [-0.2, 0) is 4.79 Å². The predicted molar refractivity (Wildman–Crippen MR) is 52.7 cm³/mol. The lowest BCUT2D eigenvalue weighted by Crippen LogP contribution is -2.39. The molecular formula is C10H11NO4. The van der Waals surface area contributed by atoms with Gasteiger partial charge in [-0.3, -0.25) is 0 Å². The van der Waals surface area contributed by atoms with E-state index in [0.29, 0.717) is 5.75 Å². The van der Waals surface area contributed by atoms with Crippen LogP contribution in [0.4, 0.5) is 4.79 Å². The summed E-state index contributed by atoms with van der Waals surface area (Å²) in [5.41, 5.74) is 0. The van der Waals surface area contributed by atoms with Gasteiger partial charge in [0, 0.05) is 0 Å². The van der Waals surface area contributed by atoms with Crippen molar-refractivity contribution in [1.82, 2.24) is 5.32 Å². The lowest BCUT2D eigenvalue weighted by molar-refractivity contribution is -0.136. The molecule has 1 rings (SSSR count). The van der Waals surface area contributed by atoms with E-state index in [1.807, 2.05) is 5.32 Å². The van der Waals surface area contributed by atoms with E-state index in [-0.39, 0.29) is 0 Å². The number of carbonyl (C=O) groups is 2. The molecule has 5 nitrogen and oxygen atoms in total. The number of nitrogens with one attached hydrogen (secondary N) is 1. The van der Waals surface area contributed by atoms with E-state index in [9.17, 15) is 9.59 Å². The zero-order chi connectivity index (χ0) is 11.3. The van der Waals surface area contributed by atoms with E-state index < -0.39 is 18.1 Å². The van der Waals surface area contributed by atoms with Gasteiger partial charge in [0.05, 0.1) is 0 Å². The van der Waals surface area contributed by atoms with Crippen LogP contribution in [0.15, 0.2) is 30.3 Å². The number of carbonyl (C=O) groups excluding carboxylic acids is 1. The number of para-hydroxylation sites is 1. The Morgan fingerprint density at radius 2 is 1.93 bits per heavy atom. The van der Waals surface area contributed by atoms with Crippen LogP contribution in [0.5, 0.6) is 5.75 Å². The second-order valence-electron chi connectivity index (χ2n) is 2.91. The Bertz CT molecular complexity index is 350. The van der Waals surface area contributed by atoms with Crippen molar-refractivity contribution in [3.05, 3.63) is 30.3 Å². The van der Waals surface area contributed by atoms with Gasteiger partial charge >= 0.3 is 12.1 Å². The maximum atomic E-state index is 11.3. The predicted octanol–water partition coefficient (Wildman–Crippen LogP) is 1.25. The number of benzene rings is 1. The minimum atomic E-state index is -1.26. The normalized spacial score (nSPS) is 11.5. The molecule has 0 aliphatic carbocycles. The van der Waals surface area contributed by atoms with Crippen molar-refractivity contribution in [3.63, 3.8) is 0 Å². The number of rotatable bonds is 3. The van der Waals surface area contributed by atoms with Crippen LogP contribution in [-0.4, -0.2) is 23.2 Å². The van der Waals surface area contributed by atoms with Crippen LogP contribution in [0.25, 0.3) is 0 Å². The van der Waals surface area contributed by atoms with Gasteiger partial charge in [0.1, 0.15) is 11.8 Å². The molecule has 5 heteroatoms. The van der Waals surface area contributed by atoms with Crippen LogP contribution in [0.1, 0.15) is 6.92 Å². The Hall–Kier alpha value is -2.04. The molecule has 0 heterocycles. The van der Waals surface area contributed by atoms with Gasteiger partial charge in [-0.1, -0.05) is 18.2 Å². The third-order valence-electron chi connectivity index (χ3n) is 1.66. The van der Waals surface area contributed by atoms with Gasteiger partial charge in [-0.15, -0.1) is 0 Å². The van der Waals surface area contributed by atoms with Crippen LogP contribution < -0.4 is 10.1 Å². The second-order valence-corrected chi connectivity index (χ2v) is 2.91. The molecule has 1 aromatic carbocycles. The fourth-order valence-corrected chi connectivity index (χ4v) is 0.937. The summed E-state index contributed by atoms with van der Waals surface area (Å²) in [5, 5.41) is 10.4. The zero-order valence-corrected chi connectivity index (χ0v) is 8.14. The van der Waals surface area contributed by atoms with Crippen molar-refractivity contribution >= 4 is 12.1 Å². The van der Waals surface area contributed by atoms with Crippen molar-refractivity contribution in [2.45, 2.75) is 13.0 Å². The molecule has 0 fully saturated rings. The smallest absolute Gasteiger partial charge is 0.405 e. The van der Waals surface area contributed by atoms with Crippen LogP contribution in [0.3, 0.4) is 0 Å². The second kappa shape index (κ2) is 4.99. The monoisotopic (exact) mass is 209 g/mol. The lowest BCUT2D eigenvalue weighted by atomic mass is 10.3. The van der Waals surface area contributed by atoms with Gasteiger partial charge in [0.2, 0.25) is 0 Å². The van der Waals surface area contributed by atoms with E-state index in [1.165, 1.54) is 6.92 Å². The molecule has 0 saturated heterocycles. The largest absolute Gasteiger partial charge is 0.465 e. The minimum absolute atomic E-state index is 0.390. The Balaban J connectivity index is 2.52. The Morgan fingerprint density at radius 3 is 2.47 bits per heavy atom. The molecule has 1 atom stereocenters. The molecule has 15 heavy (non-hydrogen) atoms. The topological polar surface area (TPSA) is 75.6 Å². The molecule has 1 amide bonds. The third kappa shape index (κ3) is 3.68. The van der Waals surface area contributed by atoms with Crippen molar-refractivity contribution in [2.24, 2.45) is 0 Å². The van der Waals surface area contributed by atoms with Gasteiger partial charge in [-0.2, -0.15) is 0 Å². The van der Waals surface area contributed by atoms with Crippen LogP contribution >= 0.6 is 0 Å². The average Bonchev–Trinajstić information content (AvgIpc) is 2.18. The maximum Gasteiger partial charge on any atom is 0.405 e. The molecule has 0 unspecified atom stereocenters. The van der Waals surface area contributed by atoms with Crippen molar-refractivity contribution in [1.29, 1.82) is 0 Å². The summed E-state index contributed by atoms with van der Waals surface area (Å²) < 4.78 is 4.91. The SMILES string of the molecule is C[C@H](NC(=O)O)C(=O)Oc1ccccc1. The molecule has 80 valence electrons. The summed E-state index contributed by atoms with van der Waals surface area (Å²) in [6.07, 6.45) is -1.26. The van der Waals surface area contributed by atoms with Gasteiger partial charge in [0.15, 0.2) is 0 Å². The summed E-state index contributed by atoms with van der Waals surface area (Å²) in [6, 6.07) is 7.57. The highest BCUT2D eigenvalue weighted by atomic mass is 16.5. The first-order chi connectivity index (χ1) is 7.09. The third-order valence-corrected chi connectivity index (χ3v) is 1.66. The first kappa shape index (κ1) is 11.0.